The largest absolute Gasteiger partial charge is 2.00 e. The Morgan fingerprint density at radius 2 is 0.262 bits per heavy atom. The van der Waals surface area contributed by atoms with Crippen molar-refractivity contribution >= 4 is 167 Å². The maximum atomic E-state index is 10.7. The first-order valence-corrected chi connectivity index (χ1v) is 57.3. The van der Waals surface area contributed by atoms with E-state index in [4.69, 9.17) is 13.0 Å². The summed E-state index contributed by atoms with van der Waals surface area (Å²) in [4.78, 5) is 0. The molecular weight excluding hydrogens is 2550 g/mol. The molecule has 0 atom stereocenters. The maximum absolute atomic E-state index is 10.7. The fraction of sp³-hybridized carbons (Fsp3) is 0.00971. The van der Waals surface area contributed by atoms with Gasteiger partial charge in [-0.1, -0.05) is 364 Å². The summed E-state index contributed by atoms with van der Waals surface area (Å²) in [6, 6.07) is 129. The molecule has 0 amide bonds. The van der Waals surface area contributed by atoms with E-state index < -0.39 is 63.2 Å². The fourth-order valence-corrected chi connectivity index (χ4v) is 26.5. The molecule has 12 aromatic carbocycles. The van der Waals surface area contributed by atoms with E-state index in [9.17, 15) is 13.2 Å². The van der Waals surface area contributed by atoms with E-state index in [-0.39, 0.29) is 73.6 Å². The zero-order valence-corrected chi connectivity index (χ0v) is 90.4. The van der Waals surface area contributed by atoms with Gasteiger partial charge in [0.2, 0.25) is 0 Å². The predicted molar refractivity (Wildman–Crippen MR) is 522 cm³/mol. The molecule has 0 spiro atoms. The quantitative estimate of drug-likeness (QED) is 0.0372. The first-order valence-electron chi connectivity index (χ1n) is 38.3. The van der Waals surface area contributed by atoms with Crippen molar-refractivity contribution in [3.63, 3.8) is 0 Å². The van der Waals surface area contributed by atoms with Crippen molar-refractivity contribution in [3.8, 4) is 0 Å². The van der Waals surface area contributed by atoms with E-state index in [1.54, 1.807) is 0 Å². The van der Waals surface area contributed by atoms with Crippen LogP contribution < -0.4 is 63.7 Å². The standard InChI is InChI=1S/6C17H14P.CHF3O3S.6Ag.5ClH.3Fe/c6*1-3-9-15(10-4-1)18(17-13-7-8-14-17)16-11-5-2-6-12-16;2-1(3,4)8(5,6)7;;;;;;;;;;;;;;/h6*1-14H;(H,5,6,7);;;;;;;5*1H;;;/q;;;;;;;6*+1;;;;;;3*+2/p-6. The molecule has 27 heteroatoms. The van der Waals surface area contributed by atoms with Gasteiger partial charge in [-0.3, -0.25) is 0 Å². The van der Waals surface area contributed by atoms with Crippen LogP contribution in [-0.2, 0) is 184 Å². The minimum atomic E-state index is -6.09. The molecule has 0 heterocycles. The molecule has 6 fully saturated rings. The Morgan fingerprint density at radius 3 is 0.323 bits per heavy atom. The molecule has 0 aromatic heterocycles. The molecule has 12 aromatic rings. The Bertz CT molecular complexity index is 3830. The van der Waals surface area contributed by atoms with Gasteiger partial charge >= 0.3 is 225 Å². The second kappa shape index (κ2) is 75.2. The van der Waals surface area contributed by atoms with Crippen LogP contribution in [0.25, 0.3) is 0 Å². The maximum Gasteiger partial charge on any atom is 2.00 e. The zero-order chi connectivity index (χ0) is 90.3. The number of alkyl halides is 3. The van der Waals surface area contributed by atoms with Crippen LogP contribution in [0.3, 0.4) is 0 Å². The molecule has 130 heavy (non-hydrogen) atoms. The van der Waals surface area contributed by atoms with E-state index in [1.807, 2.05) is 0 Å². The summed E-state index contributed by atoms with van der Waals surface area (Å²) in [6.07, 6.45) is 52.2. The van der Waals surface area contributed by atoms with Gasteiger partial charge in [-0.25, -0.2) is 8.42 Å². The van der Waals surface area contributed by atoms with Crippen LogP contribution in [0.5, 0.6) is 0 Å². The summed E-state index contributed by atoms with van der Waals surface area (Å²) in [5.74, 6) is 0. The molecule has 6 aliphatic rings. The average Bonchev–Trinajstić information content (AvgIpc) is 1.53. The molecule has 3 nitrogen and oxygen atoms in total. The van der Waals surface area contributed by atoms with Crippen LogP contribution in [0.2, 0.25) is 0 Å². The molecule has 6 saturated carbocycles. The van der Waals surface area contributed by atoms with Gasteiger partial charge in [-0.15, -0.1) is 0 Å². The normalized spacial score (nSPS) is 14.7. The summed E-state index contributed by atoms with van der Waals surface area (Å²) >= 11 is 12.1. The van der Waals surface area contributed by atoms with E-state index in [0.717, 1.165) is 0 Å². The molecule has 18 rings (SSSR count). The Labute approximate surface area is 912 Å². The number of hydrogen-bond acceptors (Lipinski definition) is 3. The van der Waals surface area contributed by atoms with Crippen LogP contribution in [0.15, 0.2) is 364 Å². The van der Waals surface area contributed by atoms with Gasteiger partial charge < -0.3 is 4.55 Å². The second-order valence-corrected chi connectivity index (χ2v) is 40.5. The van der Waals surface area contributed by atoms with E-state index in [0.29, 0.717) is 0 Å². The third-order valence-corrected chi connectivity index (χ3v) is 33.1. The van der Waals surface area contributed by atoms with Crippen LogP contribution >= 0.6 is 93.5 Å². The molecular formula is C103H84Ag6Cl5F3Fe3O3P6S+6. The van der Waals surface area contributed by atoms with E-state index >= 15 is 0 Å². The fourth-order valence-electron chi connectivity index (χ4n) is 12.7. The first kappa shape index (κ1) is 125. The van der Waals surface area contributed by atoms with Crippen molar-refractivity contribution in [1.29, 1.82) is 0 Å². The third-order valence-electron chi connectivity index (χ3n) is 17.9. The van der Waals surface area contributed by atoms with Gasteiger partial charge in [0, 0.05) is 34.0 Å². The van der Waals surface area contributed by atoms with Crippen molar-refractivity contribution in [2.75, 3.05) is 0 Å². The van der Waals surface area contributed by atoms with Crippen LogP contribution in [0.1, 0.15) is 0 Å². The molecule has 30 radical (unpaired) electrons. The topological polar surface area (TPSA) is 57.2 Å². The molecule has 6 aliphatic carbocycles. The van der Waals surface area contributed by atoms with Crippen molar-refractivity contribution in [2.45, 2.75) is 5.51 Å². The van der Waals surface area contributed by atoms with Crippen molar-refractivity contribution < 1.29 is 200 Å². The number of hydrogen-bond donors (Lipinski definition) is 0. The van der Waals surface area contributed by atoms with Gasteiger partial charge in [0.15, 0.2) is 10.1 Å². The van der Waals surface area contributed by atoms with Gasteiger partial charge in [-0.2, -0.15) is 13.2 Å². The Kier molecular flexibility index (Phi) is 72.0. The Balaban J connectivity index is 0.000000385. The first-order chi connectivity index (χ1) is 61.9. The molecule has 0 unspecified atom stereocenters. The van der Waals surface area contributed by atoms with Gasteiger partial charge in [0.05, 0.1) is 0 Å². The molecule has 0 bridgehead atoms. The summed E-state index contributed by atoms with van der Waals surface area (Å²) < 4.78 is 58.9. The molecule has 0 N–H and O–H groups in total. The van der Waals surface area contributed by atoms with Crippen molar-refractivity contribution in [2.24, 2.45) is 0 Å². The predicted octanol–water partition coefficient (Wildman–Crippen LogP) is 24.4. The van der Waals surface area contributed by atoms with Crippen molar-refractivity contribution in [3.05, 3.63) is 552 Å². The van der Waals surface area contributed by atoms with Crippen LogP contribution in [0, 0.1) is 188 Å². The summed E-state index contributed by atoms with van der Waals surface area (Å²) in [5, 5.41) is 16.9. The Morgan fingerprint density at radius 1 is 0.192 bits per heavy atom. The van der Waals surface area contributed by atoms with E-state index in [1.165, 1.54) is 97.6 Å². The SMILES string of the molecule is O=S(=O)([O-])C(F)(F)F.[Ag+].[CH]1[CH][CH][C](P(c2ccccc2)c2ccccc2)[CH]1.[CH]1[CH][CH][C](P(c2ccccc2)c2ccccc2)[CH]1.[CH]1[CH][CH][C](P(c2ccccc2)c2ccccc2)[CH]1.[CH]1[CH][CH][C](P(c2ccccc2)c2ccccc2)[CH]1.[CH]1[CH][CH][C](P(c2ccccc2)c2ccccc2)[CH]1.[CH]1[CH][CH][C](P(c2ccccc2)c2ccccc2)[CH]1.[Cl][Ag].[Cl][Ag].[Cl][Ag].[Cl][Ag].[Cl][Ag].[Fe+2].[Fe+2].[Fe+2]. The average molecular weight is 2640 g/mol. The summed E-state index contributed by atoms with van der Waals surface area (Å²) in [6.45, 7) is 0. The van der Waals surface area contributed by atoms with Crippen LogP contribution in [-0.4, -0.2) is 18.5 Å². The number of benzene rings is 12. The molecule has 690 valence electrons. The number of rotatable bonds is 18. The smallest absolute Gasteiger partial charge is 2.00 e. The zero-order valence-electron chi connectivity index (χ0n) is 68.2. The van der Waals surface area contributed by atoms with Gasteiger partial charge in [0.1, 0.15) is 0 Å². The summed E-state index contributed by atoms with van der Waals surface area (Å²) in [7, 11) is 13.7. The minimum absolute atomic E-state index is 0. The third kappa shape index (κ3) is 43.3. The minimum Gasteiger partial charge on any atom is 2.00 e. The summed E-state index contributed by atoms with van der Waals surface area (Å²) in [5.41, 5.74) is 2.87. The monoisotopic (exact) mass is 2630 g/mol. The number of halogens is 8. The second-order valence-electron chi connectivity index (χ2n) is 25.8. The van der Waals surface area contributed by atoms with Crippen LogP contribution in [0.4, 0.5) is 13.2 Å². The molecule has 0 aliphatic heterocycles. The Hall–Kier alpha value is 0.370. The van der Waals surface area contributed by atoms with Gasteiger partial charge in [-0.05, 0) is 265 Å². The van der Waals surface area contributed by atoms with Gasteiger partial charge in [0.25, 0.3) is 0 Å². The molecule has 0 saturated heterocycles. The van der Waals surface area contributed by atoms with Crippen molar-refractivity contribution in [1.82, 2.24) is 0 Å². The van der Waals surface area contributed by atoms with E-state index in [2.05, 4.69) is 664 Å².